The van der Waals surface area contributed by atoms with E-state index in [1.54, 1.807) is 24.3 Å². The molecule has 6 nitrogen and oxygen atoms in total. The Labute approximate surface area is 159 Å². The molecule has 3 rings (SSSR count). The average Bonchev–Trinajstić information content (AvgIpc) is 3.25. The fraction of sp³-hybridized carbons (Fsp3) is 0.167. The lowest BCUT2D eigenvalue weighted by Crippen LogP contribution is -1.97. The molecular weight excluding hydrogens is 374 g/mol. The van der Waals surface area contributed by atoms with Crippen LogP contribution in [0, 0.1) is 0 Å². The number of carboxylic acid groups (broad SMARTS) is 1. The summed E-state index contributed by atoms with van der Waals surface area (Å²) in [5, 5.41) is 17.3. The van der Waals surface area contributed by atoms with Crippen molar-refractivity contribution in [1.82, 2.24) is 15.2 Å². The Morgan fingerprint density at radius 3 is 2.77 bits per heavy atom. The number of carboxylic acids is 1. The second-order valence-electron chi connectivity index (χ2n) is 5.44. The van der Waals surface area contributed by atoms with Gasteiger partial charge in [-0.1, -0.05) is 18.5 Å². The molecule has 0 aliphatic heterocycles. The number of halogens is 1. The fourth-order valence-corrected chi connectivity index (χ4v) is 3.07. The number of aliphatic carboxylic acids is 1. The molecule has 0 atom stereocenters. The van der Waals surface area contributed by atoms with Crippen LogP contribution in [0.15, 0.2) is 50.9 Å². The van der Waals surface area contributed by atoms with Gasteiger partial charge in [-0.15, -0.1) is 5.10 Å². The van der Waals surface area contributed by atoms with E-state index < -0.39 is 5.97 Å². The van der Waals surface area contributed by atoms with Gasteiger partial charge in [0.15, 0.2) is 0 Å². The number of H-pyrrole nitrogens is 1. The van der Waals surface area contributed by atoms with Crippen molar-refractivity contribution in [1.29, 1.82) is 0 Å². The number of aromatic amines is 1. The fourth-order valence-electron chi connectivity index (χ4n) is 2.23. The van der Waals surface area contributed by atoms with Crippen molar-refractivity contribution in [2.75, 3.05) is 0 Å². The van der Waals surface area contributed by atoms with Gasteiger partial charge in [0.2, 0.25) is 5.16 Å². The second-order valence-corrected chi connectivity index (χ2v) is 6.88. The summed E-state index contributed by atoms with van der Waals surface area (Å²) in [6.07, 6.45) is 3.16. The van der Waals surface area contributed by atoms with Crippen LogP contribution in [0.3, 0.4) is 0 Å². The van der Waals surface area contributed by atoms with Crippen LogP contribution in [-0.2, 0) is 11.2 Å². The van der Waals surface area contributed by atoms with Crippen LogP contribution < -0.4 is 0 Å². The summed E-state index contributed by atoms with van der Waals surface area (Å²) in [6.45, 7) is 2.03. The van der Waals surface area contributed by atoms with Gasteiger partial charge in [-0.2, -0.15) is 0 Å². The van der Waals surface area contributed by atoms with Gasteiger partial charge >= 0.3 is 5.97 Å². The molecule has 26 heavy (non-hydrogen) atoms. The molecule has 1 aromatic carbocycles. The smallest absolute Gasteiger partial charge is 0.342 e. The molecule has 0 amide bonds. The minimum absolute atomic E-state index is 0.0732. The summed E-state index contributed by atoms with van der Waals surface area (Å²) in [4.78, 5) is 15.9. The highest BCUT2D eigenvalue weighted by atomic mass is 35.5. The van der Waals surface area contributed by atoms with Gasteiger partial charge in [0.25, 0.3) is 0 Å². The van der Waals surface area contributed by atoms with Gasteiger partial charge in [-0.05, 0) is 54.6 Å². The van der Waals surface area contributed by atoms with E-state index in [-0.39, 0.29) is 4.91 Å². The minimum Gasteiger partial charge on any atom is -0.477 e. The number of rotatable bonds is 7. The quantitative estimate of drug-likeness (QED) is 0.441. The highest BCUT2D eigenvalue weighted by Gasteiger charge is 2.15. The van der Waals surface area contributed by atoms with Gasteiger partial charge < -0.3 is 9.52 Å². The number of nitrogens with zero attached hydrogens (tertiary/aromatic N) is 2. The highest BCUT2D eigenvalue weighted by Crippen LogP contribution is 2.29. The Kier molecular flexibility index (Phi) is 5.80. The van der Waals surface area contributed by atoms with Crippen LogP contribution in [0.5, 0.6) is 0 Å². The van der Waals surface area contributed by atoms with Crippen LogP contribution in [0.1, 0.15) is 24.9 Å². The number of carbonyl (C=O) groups is 1. The number of hydrogen-bond donors (Lipinski definition) is 2. The van der Waals surface area contributed by atoms with Crippen molar-refractivity contribution in [3.05, 3.63) is 57.9 Å². The SMILES string of the molecule is CCCc1nc(S/C(=C/c2ccc(-c3ccc(Cl)cc3)o2)C(=O)O)n[nH]1. The van der Waals surface area contributed by atoms with E-state index in [4.69, 9.17) is 16.0 Å². The molecule has 2 heterocycles. The maximum absolute atomic E-state index is 11.5. The topological polar surface area (TPSA) is 92.0 Å². The van der Waals surface area contributed by atoms with Crippen LogP contribution in [0.4, 0.5) is 0 Å². The lowest BCUT2D eigenvalue weighted by Gasteiger charge is -1.98. The molecule has 0 saturated heterocycles. The number of aryl methyl sites for hydroxylation is 1. The first-order chi connectivity index (χ1) is 12.5. The summed E-state index contributed by atoms with van der Waals surface area (Å²) in [5.41, 5.74) is 0.858. The molecule has 134 valence electrons. The highest BCUT2D eigenvalue weighted by molar-refractivity contribution is 8.04. The first-order valence-electron chi connectivity index (χ1n) is 7.95. The van der Waals surface area contributed by atoms with Crippen molar-refractivity contribution in [3.8, 4) is 11.3 Å². The molecule has 0 spiro atoms. The molecule has 2 N–H and O–H groups in total. The first-order valence-corrected chi connectivity index (χ1v) is 9.14. The molecule has 0 fully saturated rings. The van der Waals surface area contributed by atoms with Crippen molar-refractivity contribution >= 4 is 35.4 Å². The van der Waals surface area contributed by atoms with Gasteiger partial charge in [0, 0.05) is 23.1 Å². The van der Waals surface area contributed by atoms with Crippen molar-refractivity contribution in [3.63, 3.8) is 0 Å². The molecule has 0 bridgehead atoms. The minimum atomic E-state index is -1.07. The number of aromatic nitrogens is 3. The largest absolute Gasteiger partial charge is 0.477 e. The molecule has 8 heteroatoms. The van der Waals surface area contributed by atoms with E-state index in [0.29, 0.717) is 21.7 Å². The predicted molar refractivity (Wildman–Crippen MR) is 101 cm³/mol. The lowest BCUT2D eigenvalue weighted by molar-refractivity contribution is -0.131. The number of nitrogens with one attached hydrogen (secondary N) is 1. The Morgan fingerprint density at radius 1 is 1.31 bits per heavy atom. The zero-order valence-corrected chi connectivity index (χ0v) is 15.5. The lowest BCUT2D eigenvalue weighted by atomic mass is 10.2. The zero-order valence-electron chi connectivity index (χ0n) is 13.9. The molecule has 0 aliphatic carbocycles. The molecule has 0 aliphatic rings. The second kappa shape index (κ2) is 8.25. The predicted octanol–water partition coefficient (Wildman–Crippen LogP) is 4.89. The van der Waals surface area contributed by atoms with Gasteiger partial charge in [0.1, 0.15) is 22.3 Å². The Balaban J connectivity index is 1.80. The van der Waals surface area contributed by atoms with Crippen molar-refractivity contribution < 1.29 is 14.3 Å². The standard InChI is InChI=1S/C18H16ClN3O3S/c1-2-3-16-20-18(22-21-16)26-15(17(23)24)10-13-8-9-14(25-13)11-4-6-12(19)7-5-11/h4-10H,2-3H2,1H3,(H,23,24)(H,20,21,22)/b15-10+. The van der Waals surface area contributed by atoms with E-state index in [1.165, 1.54) is 6.08 Å². The molecule has 0 saturated carbocycles. The third-order valence-electron chi connectivity index (χ3n) is 3.44. The van der Waals surface area contributed by atoms with Crippen LogP contribution in [0.2, 0.25) is 5.02 Å². The molecule has 2 aromatic heterocycles. The average molecular weight is 390 g/mol. The summed E-state index contributed by atoms with van der Waals surface area (Å²) in [6, 6.07) is 10.7. The third kappa shape index (κ3) is 4.56. The summed E-state index contributed by atoms with van der Waals surface area (Å²) in [7, 11) is 0. The number of benzene rings is 1. The van der Waals surface area contributed by atoms with Crippen LogP contribution in [-0.4, -0.2) is 26.3 Å². The van der Waals surface area contributed by atoms with Gasteiger partial charge in [0.05, 0.1) is 0 Å². The monoisotopic (exact) mass is 389 g/mol. The van der Waals surface area contributed by atoms with Crippen LogP contribution in [0.25, 0.3) is 17.4 Å². The number of furan rings is 1. The Hall–Kier alpha value is -2.51. The number of hydrogen-bond acceptors (Lipinski definition) is 5. The number of thioether (sulfide) groups is 1. The molecule has 3 aromatic rings. The normalized spacial score (nSPS) is 11.7. The maximum atomic E-state index is 11.5. The van der Waals surface area contributed by atoms with Crippen molar-refractivity contribution in [2.24, 2.45) is 0 Å². The zero-order chi connectivity index (χ0) is 18.5. The summed E-state index contributed by atoms with van der Waals surface area (Å²) >= 11 is 6.86. The van der Waals surface area contributed by atoms with Gasteiger partial charge in [-0.25, -0.2) is 9.78 Å². The van der Waals surface area contributed by atoms with E-state index in [0.717, 1.165) is 36.0 Å². The summed E-state index contributed by atoms with van der Waals surface area (Å²) in [5.74, 6) is 0.735. The molecular formula is C18H16ClN3O3S. The van der Waals surface area contributed by atoms with Gasteiger partial charge in [-0.3, -0.25) is 5.10 Å². The third-order valence-corrected chi connectivity index (χ3v) is 4.57. The van der Waals surface area contributed by atoms with E-state index in [2.05, 4.69) is 15.2 Å². The van der Waals surface area contributed by atoms with E-state index in [9.17, 15) is 9.90 Å². The Morgan fingerprint density at radius 2 is 2.08 bits per heavy atom. The first kappa shape index (κ1) is 18.3. The van der Waals surface area contributed by atoms with E-state index >= 15 is 0 Å². The maximum Gasteiger partial charge on any atom is 0.342 e. The molecule has 0 radical (unpaired) electrons. The Bertz CT molecular complexity index is 931. The van der Waals surface area contributed by atoms with E-state index in [1.807, 2.05) is 19.1 Å². The molecule has 0 unspecified atom stereocenters. The van der Waals surface area contributed by atoms with Crippen LogP contribution >= 0.6 is 23.4 Å². The van der Waals surface area contributed by atoms with Crippen molar-refractivity contribution in [2.45, 2.75) is 24.9 Å². The summed E-state index contributed by atoms with van der Waals surface area (Å²) < 4.78 is 5.73.